The minimum Gasteiger partial charge on any atom is -0.351 e. The molecule has 2 aromatic heterocycles. The third-order valence-electron chi connectivity index (χ3n) is 5.64. The monoisotopic (exact) mass is 409 g/mol. The molecule has 0 unspecified atom stereocenters. The van der Waals surface area contributed by atoms with Gasteiger partial charge in [-0.25, -0.2) is 4.98 Å². The maximum Gasteiger partial charge on any atom is 0.262 e. The lowest BCUT2D eigenvalue weighted by Crippen LogP contribution is -2.25. The molecule has 0 atom stereocenters. The molecule has 1 amide bonds. The number of carbonyl (C=O) groups is 1. The number of unbranched alkanes of at least 4 members (excludes halogenated alkanes) is 1. The Kier molecular flexibility index (Phi) is 6.09. The average molecular weight is 410 g/mol. The quantitative estimate of drug-likeness (QED) is 0.619. The van der Waals surface area contributed by atoms with Crippen molar-refractivity contribution < 1.29 is 4.79 Å². The molecule has 1 aliphatic heterocycles. The van der Waals surface area contributed by atoms with Crippen molar-refractivity contribution in [2.45, 2.75) is 58.4 Å². The first-order chi connectivity index (χ1) is 14.1. The van der Waals surface area contributed by atoms with E-state index >= 15 is 0 Å². The lowest BCUT2D eigenvalue weighted by molar-refractivity contribution is 0.0956. The fourth-order valence-electron chi connectivity index (χ4n) is 4.01. The second-order valence-corrected chi connectivity index (χ2v) is 8.73. The maximum atomic E-state index is 13.0. The Balaban J connectivity index is 1.43. The fraction of sp³-hybridized carbons (Fsp3) is 0.435. The molecule has 1 aliphatic rings. The summed E-state index contributed by atoms with van der Waals surface area (Å²) in [6.07, 6.45) is 7.03. The van der Waals surface area contributed by atoms with Crippen molar-refractivity contribution in [3.63, 3.8) is 0 Å². The Bertz CT molecular complexity index is 1070. The van der Waals surface area contributed by atoms with Gasteiger partial charge in [0.05, 0.1) is 10.3 Å². The Hall–Kier alpha value is -2.47. The summed E-state index contributed by atoms with van der Waals surface area (Å²) in [6, 6.07) is 10.4. The Labute approximate surface area is 174 Å². The zero-order chi connectivity index (χ0) is 20.2. The first-order valence-corrected chi connectivity index (χ1v) is 11.3. The molecule has 6 heteroatoms. The summed E-state index contributed by atoms with van der Waals surface area (Å²) in [5, 5.41) is 3.64. The van der Waals surface area contributed by atoms with Crippen molar-refractivity contribution in [1.29, 1.82) is 0 Å². The molecule has 0 saturated heterocycles. The molecule has 0 fully saturated rings. The van der Waals surface area contributed by atoms with Gasteiger partial charge in [-0.15, -0.1) is 11.3 Å². The number of nitrogens with one attached hydrogen (secondary N) is 1. The van der Waals surface area contributed by atoms with E-state index in [-0.39, 0.29) is 11.5 Å². The van der Waals surface area contributed by atoms with Crippen LogP contribution in [0.15, 0.2) is 35.1 Å². The van der Waals surface area contributed by atoms with E-state index in [1.165, 1.54) is 16.9 Å². The van der Waals surface area contributed by atoms with Crippen LogP contribution in [-0.2, 0) is 19.4 Å². The van der Waals surface area contributed by atoms with E-state index < -0.39 is 0 Å². The summed E-state index contributed by atoms with van der Waals surface area (Å²) in [6.45, 7) is 3.24. The van der Waals surface area contributed by atoms with E-state index in [1.807, 2.05) is 17.6 Å². The van der Waals surface area contributed by atoms with Gasteiger partial charge >= 0.3 is 0 Å². The van der Waals surface area contributed by atoms with Crippen LogP contribution in [0, 0.1) is 6.92 Å². The number of rotatable bonds is 6. The number of nitrogens with zero attached hydrogens (tertiary/aromatic N) is 2. The highest BCUT2D eigenvalue weighted by Gasteiger charge is 2.22. The second kappa shape index (κ2) is 8.91. The summed E-state index contributed by atoms with van der Waals surface area (Å²) in [5.74, 6) is 0.777. The van der Waals surface area contributed by atoms with Crippen molar-refractivity contribution in [2.24, 2.45) is 0 Å². The summed E-state index contributed by atoms with van der Waals surface area (Å²) in [5.41, 5.74) is 2.11. The van der Waals surface area contributed by atoms with Crippen LogP contribution >= 0.6 is 11.3 Å². The number of carbonyl (C=O) groups excluding carboxylic acids is 1. The normalized spacial score (nSPS) is 13.8. The fourth-order valence-corrected chi connectivity index (χ4v) is 5.11. The lowest BCUT2D eigenvalue weighted by atomic mass is 10.1. The molecule has 0 spiro atoms. The van der Waals surface area contributed by atoms with Crippen molar-refractivity contribution in [3.8, 4) is 0 Å². The topological polar surface area (TPSA) is 64.0 Å². The number of fused-ring (bicyclic) bond motifs is 2. The number of aromatic nitrogens is 2. The number of hydrogen-bond donors (Lipinski definition) is 1. The highest BCUT2D eigenvalue weighted by atomic mass is 32.1. The van der Waals surface area contributed by atoms with Gasteiger partial charge in [-0.1, -0.05) is 36.8 Å². The molecule has 0 bridgehead atoms. The van der Waals surface area contributed by atoms with Gasteiger partial charge in [-0.3, -0.25) is 14.2 Å². The lowest BCUT2D eigenvalue weighted by Gasteiger charge is -2.08. The van der Waals surface area contributed by atoms with Crippen molar-refractivity contribution in [2.75, 3.05) is 6.54 Å². The second-order valence-electron chi connectivity index (χ2n) is 7.73. The van der Waals surface area contributed by atoms with Gasteiger partial charge in [0.1, 0.15) is 10.7 Å². The van der Waals surface area contributed by atoms with E-state index in [1.54, 1.807) is 0 Å². The van der Waals surface area contributed by atoms with Gasteiger partial charge in [0.25, 0.3) is 11.5 Å². The van der Waals surface area contributed by atoms with Crippen LogP contribution in [0.2, 0.25) is 0 Å². The van der Waals surface area contributed by atoms with E-state index in [0.29, 0.717) is 21.6 Å². The number of hydrogen-bond acceptors (Lipinski definition) is 4. The molecule has 3 heterocycles. The Morgan fingerprint density at radius 3 is 2.83 bits per heavy atom. The molecular formula is C23H27N3O2S. The van der Waals surface area contributed by atoms with Crippen LogP contribution in [0.4, 0.5) is 0 Å². The minimum absolute atomic E-state index is 0.0163. The maximum absolute atomic E-state index is 13.0. The van der Waals surface area contributed by atoms with Gasteiger partial charge in [-0.2, -0.15) is 0 Å². The number of benzene rings is 1. The average Bonchev–Trinajstić information content (AvgIpc) is 2.89. The molecule has 4 rings (SSSR count). The molecule has 5 nitrogen and oxygen atoms in total. The Morgan fingerprint density at radius 2 is 2.00 bits per heavy atom. The van der Waals surface area contributed by atoms with Gasteiger partial charge in [0.15, 0.2) is 0 Å². The predicted octanol–water partition coefficient (Wildman–Crippen LogP) is 4.25. The third-order valence-corrected chi connectivity index (χ3v) is 6.82. The third kappa shape index (κ3) is 4.27. The van der Waals surface area contributed by atoms with E-state index in [4.69, 9.17) is 4.98 Å². The molecule has 152 valence electrons. The van der Waals surface area contributed by atoms with Gasteiger partial charge < -0.3 is 5.32 Å². The van der Waals surface area contributed by atoms with E-state index in [9.17, 15) is 9.59 Å². The number of aryl methyl sites for hydroxylation is 3. The first-order valence-electron chi connectivity index (χ1n) is 10.5. The molecular weight excluding hydrogens is 382 g/mol. The zero-order valence-electron chi connectivity index (χ0n) is 16.9. The molecule has 1 N–H and O–H groups in total. The number of thiophene rings is 1. The summed E-state index contributed by atoms with van der Waals surface area (Å²) < 4.78 is 1.82. The first kappa shape index (κ1) is 19.8. The highest BCUT2D eigenvalue weighted by Crippen LogP contribution is 2.28. The van der Waals surface area contributed by atoms with E-state index in [0.717, 1.165) is 62.9 Å². The molecule has 1 aromatic carbocycles. The van der Waals surface area contributed by atoms with E-state index in [2.05, 4.69) is 29.6 Å². The minimum atomic E-state index is -0.0928. The van der Waals surface area contributed by atoms with Crippen LogP contribution in [0.3, 0.4) is 0 Å². The standard InChI is InChI=1S/C23H27N3O2S/c1-16-19-22(25-18-13-6-3-9-15-26(18)23(19)28)29-20(16)21(27)24-14-8-7-12-17-10-4-2-5-11-17/h2,4-5,10-11H,3,6-9,12-15H2,1H3,(H,24,27). The van der Waals surface area contributed by atoms with Crippen molar-refractivity contribution in [1.82, 2.24) is 14.9 Å². The highest BCUT2D eigenvalue weighted by molar-refractivity contribution is 7.20. The smallest absolute Gasteiger partial charge is 0.262 e. The van der Waals surface area contributed by atoms with Crippen LogP contribution in [0.5, 0.6) is 0 Å². The molecule has 0 radical (unpaired) electrons. The zero-order valence-corrected chi connectivity index (χ0v) is 17.7. The molecule has 29 heavy (non-hydrogen) atoms. The number of amides is 1. The molecule has 3 aromatic rings. The van der Waals surface area contributed by atoms with Gasteiger partial charge in [0.2, 0.25) is 0 Å². The predicted molar refractivity (Wildman–Crippen MR) is 118 cm³/mol. The van der Waals surface area contributed by atoms with Crippen LogP contribution in [-0.4, -0.2) is 22.0 Å². The van der Waals surface area contributed by atoms with Crippen LogP contribution in [0.25, 0.3) is 10.2 Å². The largest absolute Gasteiger partial charge is 0.351 e. The van der Waals surface area contributed by atoms with Gasteiger partial charge in [-0.05, 0) is 50.2 Å². The summed E-state index contributed by atoms with van der Waals surface area (Å²) in [7, 11) is 0. The van der Waals surface area contributed by atoms with Crippen LogP contribution < -0.4 is 10.9 Å². The summed E-state index contributed by atoms with van der Waals surface area (Å²) in [4.78, 5) is 31.8. The van der Waals surface area contributed by atoms with Crippen LogP contribution in [0.1, 0.15) is 58.7 Å². The Morgan fingerprint density at radius 1 is 1.17 bits per heavy atom. The molecule has 0 aliphatic carbocycles. The van der Waals surface area contributed by atoms with Crippen molar-refractivity contribution >= 4 is 27.5 Å². The van der Waals surface area contributed by atoms with Gasteiger partial charge in [0, 0.05) is 19.5 Å². The van der Waals surface area contributed by atoms with Crippen molar-refractivity contribution in [3.05, 3.63) is 62.5 Å². The summed E-state index contributed by atoms with van der Waals surface area (Å²) >= 11 is 1.35. The molecule has 0 saturated carbocycles. The SMILES string of the molecule is Cc1c(C(=O)NCCCCc2ccccc2)sc2nc3n(c(=O)c12)CCCCC3.